The van der Waals surface area contributed by atoms with Crippen LogP contribution in [0.25, 0.3) is 4.96 Å². The molecule has 2 aromatic heterocycles. The second kappa shape index (κ2) is 4.76. The highest BCUT2D eigenvalue weighted by molar-refractivity contribution is 7.15. The van der Waals surface area contributed by atoms with Gasteiger partial charge < -0.3 is 4.90 Å². The lowest BCUT2D eigenvalue weighted by Gasteiger charge is -2.33. The number of rotatable bonds is 2. The minimum Gasteiger partial charge on any atom is -0.355 e. The predicted molar refractivity (Wildman–Crippen MR) is 69.4 cm³/mol. The maximum absolute atomic E-state index is 12.6. The number of anilines is 1. The first-order valence-electron chi connectivity index (χ1n) is 6.23. The van der Waals surface area contributed by atoms with Gasteiger partial charge in [-0.2, -0.15) is 13.2 Å². The molecule has 0 aromatic carbocycles. The maximum Gasteiger partial charge on any atom is 0.391 e. The van der Waals surface area contributed by atoms with E-state index in [-0.39, 0.29) is 25.9 Å². The summed E-state index contributed by atoms with van der Waals surface area (Å²) < 4.78 is 39.6. The van der Waals surface area contributed by atoms with E-state index in [2.05, 4.69) is 4.98 Å². The number of imidazole rings is 1. The fourth-order valence-corrected chi connectivity index (χ4v) is 3.27. The molecule has 0 aliphatic carbocycles. The molecule has 3 rings (SSSR count). The van der Waals surface area contributed by atoms with Crippen molar-refractivity contribution in [3.8, 4) is 0 Å². The molecule has 2 aromatic rings. The molecule has 1 saturated heterocycles. The molecule has 3 heterocycles. The first kappa shape index (κ1) is 13.4. The second-order valence-corrected chi connectivity index (χ2v) is 5.67. The van der Waals surface area contributed by atoms with Crippen molar-refractivity contribution in [2.45, 2.75) is 19.0 Å². The van der Waals surface area contributed by atoms with E-state index >= 15 is 0 Å². The number of aldehydes is 1. The Morgan fingerprint density at radius 3 is 2.65 bits per heavy atom. The van der Waals surface area contributed by atoms with Crippen molar-refractivity contribution in [1.82, 2.24) is 9.38 Å². The number of alkyl halides is 3. The van der Waals surface area contributed by atoms with E-state index in [1.807, 2.05) is 5.38 Å². The topological polar surface area (TPSA) is 37.6 Å². The highest BCUT2D eigenvalue weighted by atomic mass is 32.1. The standard InChI is InChI=1S/C12H12F3N3OS/c13-12(14,15)8-1-3-17(4-2-8)10-9(7-19)18-5-6-20-11(18)16-10/h5-8H,1-4H2. The van der Waals surface area contributed by atoms with E-state index < -0.39 is 12.1 Å². The summed E-state index contributed by atoms with van der Waals surface area (Å²) in [5, 5.41) is 1.81. The van der Waals surface area contributed by atoms with Crippen molar-refractivity contribution < 1.29 is 18.0 Å². The number of thiazole rings is 1. The molecular formula is C12H12F3N3OS. The van der Waals surface area contributed by atoms with Crippen LogP contribution in [0.5, 0.6) is 0 Å². The van der Waals surface area contributed by atoms with E-state index in [1.54, 1.807) is 15.5 Å². The van der Waals surface area contributed by atoms with Crippen molar-refractivity contribution in [2.75, 3.05) is 18.0 Å². The van der Waals surface area contributed by atoms with Gasteiger partial charge in [0.05, 0.1) is 5.92 Å². The zero-order valence-corrected chi connectivity index (χ0v) is 11.2. The summed E-state index contributed by atoms with van der Waals surface area (Å²) in [5.41, 5.74) is 0.409. The van der Waals surface area contributed by atoms with Crippen LogP contribution in [0.3, 0.4) is 0 Å². The summed E-state index contributed by atoms with van der Waals surface area (Å²) in [6, 6.07) is 0. The molecule has 20 heavy (non-hydrogen) atoms. The molecule has 108 valence electrons. The summed E-state index contributed by atoms with van der Waals surface area (Å²) in [6.07, 6.45) is -1.59. The Hall–Kier alpha value is -1.57. The number of hydrogen-bond donors (Lipinski definition) is 0. The molecule has 0 saturated carbocycles. The van der Waals surface area contributed by atoms with E-state index in [4.69, 9.17) is 0 Å². The molecule has 1 aliphatic heterocycles. The van der Waals surface area contributed by atoms with Crippen molar-refractivity contribution in [3.63, 3.8) is 0 Å². The van der Waals surface area contributed by atoms with Crippen LogP contribution < -0.4 is 4.90 Å². The number of carbonyl (C=O) groups is 1. The fraction of sp³-hybridized carbons (Fsp3) is 0.500. The van der Waals surface area contributed by atoms with Gasteiger partial charge in [-0.15, -0.1) is 11.3 Å². The van der Waals surface area contributed by atoms with E-state index in [9.17, 15) is 18.0 Å². The third kappa shape index (κ3) is 2.17. The van der Waals surface area contributed by atoms with Crippen LogP contribution in [0.4, 0.5) is 19.0 Å². The maximum atomic E-state index is 12.6. The highest BCUT2D eigenvalue weighted by Crippen LogP contribution is 2.36. The van der Waals surface area contributed by atoms with Gasteiger partial charge in [0.1, 0.15) is 5.69 Å². The zero-order chi connectivity index (χ0) is 14.3. The lowest BCUT2D eigenvalue weighted by Crippen LogP contribution is -2.39. The Bertz CT molecular complexity index is 625. The van der Waals surface area contributed by atoms with Gasteiger partial charge in [0.2, 0.25) is 0 Å². The number of carbonyl (C=O) groups excluding carboxylic acids is 1. The zero-order valence-electron chi connectivity index (χ0n) is 10.4. The Kier molecular flexibility index (Phi) is 3.19. The summed E-state index contributed by atoms with van der Waals surface area (Å²) in [6.45, 7) is 0.547. The molecule has 0 bridgehead atoms. The Morgan fingerprint density at radius 1 is 1.35 bits per heavy atom. The molecule has 0 amide bonds. The van der Waals surface area contributed by atoms with Gasteiger partial charge in [-0.25, -0.2) is 4.98 Å². The van der Waals surface area contributed by atoms with Gasteiger partial charge in [0.25, 0.3) is 0 Å². The van der Waals surface area contributed by atoms with Gasteiger partial charge in [-0.05, 0) is 12.8 Å². The summed E-state index contributed by atoms with van der Waals surface area (Å²) in [7, 11) is 0. The monoisotopic (exact) mass is 303 g/mol. The van der Waals surface area contributed by atoms with Crippen LogP contribution in [0.1, 0.15) is 23.3 Å². The average molecular weight is 303 g/mol. The van der Waals surface area contributed by atoms with Crippen molar-refractivity contribution in [1.29, 1.82) is 0 Å². The first-order valence-corrected chi connectivity index (χ1v) is 7.11. The van der Waals surface area contributed by atoms with Crippen molar-refractivity contribution in [3.05, 3.63) is 17.3 Å². The summed E-state index contributed by atoms with van der Waals surface area (Å²) >= 11 is 1.39. The quantitative estimate of drug-likeness (QED) is 0.800. The third-order valence-electron chi connectivity index (χ3n) is 3.65. The summed E-state index contributed by atoms with van der Waals surface area (Å²) in [5.74, 6) is -0.755. The van der Waals surface area contributed by atoms with Crippen LogP contribution in [0.15, 0.2) is 11.6 Å². The normalized spacial score (nSPS) is 17.9. The Labute approximate surface area is 116 Å². The number of halogens is 3. The third-order valence-corrected chi connectivity index (χ3v) is 4.41. The van der Waals surface area contributed by atoms with Crippen LogP contribution in [-0.4, -0.2) is 34.9 Å². The molecule has 0 radical (unpaired) electrons. The minimum atomic E-state index is -4.13. The number of aromatic nitrogens is 2. The molecule has 0 spiro atoms. The van der Waals surface area contributed by atoms with E-state index in [1.165, 1.54) is 11.3 Å². The fourth-order valence-electron chi connectivity index (χ4n) is 2.55. The largest absolute Gasteiger partial charge is 0.391 e. The van der Waals surface area contributed by atoms with Gasteiger partial charge in [0.15, 0.2) is 17.1 Å². The molecule has 4 nitrogen and oxygen atoms in total. The molecule has 0 N–H and O–H groups in total. The van der Waals surface area contributed by atoms with Crippen LogP contribution in [-0.2, 0) is 0 Å². The van der Waals surface area contributed by atoms with Crippen LogP contribution in [0, 0.1) is 5.92 Å². The Morgan fingerprint density at radius 2 is 2.05 bits per heavy atom. The van der Waals surface area contributed by atoms with Gasteiger partial charge in [0, 0.05) is 24.7 Å². The number of nitrogens with zero attached hydrogens (tertiary/aromatic N) is 3. The molecule has 0 atom stereocenters. The lowest BCUT2D eigenvalue weighted by atomic mass is 9.96. The minimum absolute atomic E-state index is 0.0486. The highest BCUT2D eigenvalue weighted by Gasteiger charge is 2.41. The lowest BCUT2D eigenvalue weighted by molar-refractivity contribution is -0.179. The van der Waals surface area contributed by atoms with Crippen LogP contribution in [0.2, 0.25) is 0 Å². The molecule has 1 aliphatic rings. The van der Waals surface area contributed by atoms with Gasteiger partial charge >= 0.3 is 6.18 Å². The number of piperidine rings is 1. The molecule has 0 unspecified atom stereocenters. The SMILES string of the molecule is O=Cc1c(N2CCC(C(F)(F)F)CC2)nc2sccn12. The van der Waals surface area contributed by atoms with Crippen LogP contribution >= 0.6 is 11.3 Å². The van der Waals surface area contributed by atoms with Gasteiger partial charge in [-0.1, -0.05) is 0 Å². The average Bonchev–Trinajstić information content (AvgIpc) is 2.97. The number of hydrogen-bond acceptors (Lipinski definition) is 4. The van der Waals surface area contributed by atoms with Crippen molar-refractivity contribution in [2.24, 2.45) is 5.92 Å². The molecule has 1 fully saturated rings. The Balaban J connectivity index is 1.83. The van der Waals surface area contributed by atoms with E-state index in [0.717, 1.165) is 0 Å². The van der Waals surface area contributed by atoms with E-state index in [0.29, 0.717) is 22.8 Å². The first-order chi connectivity index (χ1) is 9.50. The predicted octanol–water partition coefficient (Wildman–Crippen LogP) is 2.99. The molecular weight excluding hydrogens is 291 g/mol. The summed E-state index contributed by atoms with van der Waals surface area (Å²) in [4.78, 5) is 18.0. The second-order valence-electron chi connectivity index (χ2n) is 4.80. The smallest absolute Gasteiger partial charge is 0.355 e. The van der Waals surface area contributed by atoms with Gasteiger partial charge in [-0.3, -0.25) is 9.20 Å². The number of fused-ring (bicyclic) bond motifs is 1. The van der Waals surface area contributed by atoms with Crippen molar-refractivity contribution >= 4 is 28.4 Å². The molecule has 8 heteroatoms.